The number of thioether (sulfide) groups is 1. The number of benzene rings is 2. The molecule has 0 spiro atoms. The van der Waals surface area contributed by atoms with Gasteiger partial charge in [-0.1, -0.05) is 36.4 Å². The zero-order valence-electron chi connectivity index (χ0n) is 13.1. The lowest BCUT2D eigenvalue weighted by atomic mass is 10.0. The summed E-state index contributed by atoms with van der Waals surface area (Å²) in [5.74, 6) is 1.90. The molecule has 0 bridgehead atoms. The fourth-order valence-electron chi connectivity index (χ4n) is 3.58. The number of fused-ring (bicyclic) bond motifs is 5. The Hall–Kier alpha value is -1.38. The molecule has 1 aliphatic rings. The van der Waals surface area contributed by atoms with Crippen LogP contribution in [0.25, 0.3) is 22.2 Å². The molecule has 2 heterocycles. The first-order valence-electron chi connectivity index (χ1n) is 8.28. The first-order valence-corrected chi connectivity index (χ1v) is 9.80. The molecule has 0 fully saturated rings. The Labute approximate surface area is 146 Å². The topological polar surface area (TPSA) is 4.93 Å². The molecular weight excluding hydrogens is 322 g/mol. The van der Waals surface area contributed by atoms with E-state index < -0.39 is 0 Å². The van der Waals surface area contributed by atoms with Gasteiger partial charge in [0.15, 0.2) is 0 Å². The van der Waals surface area contributed by atoms with Gasteiger partial charge in [-0.2, -0.15) is 0 Å². The Bertz CT molecular complexity index is 837. The molecule has 2 aromatic carbocycles. The average molecular weight is 342 g/mol. The van der Waals surface area contributed by atoms with Gasteiger partial charge in [0.1, 0.15) is 0 Å². The Kier molecular flexibility index (Phi) is 4.37. The Morgan fingerprint density at radius 3 is 2.74 bits per heavy atom. The van der Waals surface area contributed by atoms with Crippen LogP contribution >= 0.6 is 23.4 Å². The van der Waals surface area contributed by atoms with Gasteiger partial charge in [0.2, 0.25) is 0 Å². The third-order valence-corrected chi connectivity index (χ3v) is 5.94. The molecule has 0 aliphatic carbocycles. The second-order valence-electron chi connectivity index (χ2n) is 5.99. The number of rotatable bonds is 4. The number of aryl methyl sites for hydroxylation is 2. The van der Waals surface area contributed by atoms with Crippen LogP contribution in [0.4, 0.5) is 0 Å². The highest BCUT2D eigenvalue weighted by Crippen LogP contribution is 2.42. The van der Waals surface area contributed by atoms with Crippen LogP contribution in [0.15, 0.2) is 53.4 Å². The van der Waals surface area contributed by atoms with E-state index in [-0.39, 0.29) is 0 Å². The van der Waals surface area contributed by atoms with Crippen LogP contribution in [-0.4, -0.2) is 16.2 Å². The summed E-state index contributed by atoms with van der Waals surface area (Å²) in [5, 5.41) is 1.42. The molecule has 0 amide bonds. The third kappa shape index (κ3) is 2.68. The summed E-state index contributed by atoms with van der Waals surface area (Å²) in [4.78, 5) is 1.41. The molecule has 1 nitrogen and oxygen atoms in total. The molecule has 3 aromatic rings. The van der Waals surface area contributed by atoms with Crippen molar-refractivity contribution in [2.24, 2.45) is 0 Å². The molecule has 118 valence electrons. The Morgan fingerprint density at radius 1 is 1.00 bits per heavy atom. The van der Waals surface area contributed by atoms with Crippen molar-refractivity contribution in [3.8, 4) is 11.3 Å². The predicted molar refractivity (Wildman–Crippen MR) is 102 cm³/mol. The maximum absolute atomic E-state index is 5.90. The number of hydrogen-bond acceptors (Lipinski definition) is 1. The van der Waals surface area contributed by atoms with E-state index in [0.717, 1.165) is 37.4 Å². The van der Waals surface area contributed by atoms with Crippen molar-refractivity contribution in [1.29, 1.82) is 0 Å². The van der Waals surface area contributed by atoms with Crippen LogP contribution in [0.3, 0.4) is 0 Å². The van der Waals surface area contributed by atoms with E-state index in [1.54, 1.807) is 0 Å². The van der Waals surface area contributed by atoms with Gasteiger partial charge in [-0.05, 0) is 37.0 Å². The molecule has 4 rings (SSSR count). The van der Waals surface area contributed by atoms with Crippen molar-refractivity contribution < 1.29 is 0 Å². The zero-order valence-corrected chi connectivity index (χ0v) is 14.7. The van der Waals surface area contributed by atoms with E-state index >= 15 is 0 Å². The number of para-hydroxylation sites is 1. The molecule has 1 aliphatic heterocycles. The highest BCUT2D eigenvalue weighted by molar-refractivity contribution is 7.99. The van der Waals surface area contributed by atoms with Crippen molar-refractivity contribution in [2.45, 2.75) is 30.7 Å². The van der Waals surface area contributed by atoms with E-state index in [1.165, 1.54) is 32.6 Å². The zero-order chi connectivity index (χ0) is 15.6. The van der Waals surface area contributed by atoms with Gasteiger partial charge in [-0.3, -0.25) is 0 Å². The fraction of sp³-hybridized carbons (Fsp3) is 0.300. The summed E-state index contributed by atoms with van der Waals surface area (Å²) in [5.41, 5.74) is 5.71. The normalized spacial score (nSPS) is 13.6. The van der Waals surface area contributed by atoms with E-state index in [4.69, 9.17) is 11.6 Å². The molecule has 1 aromatic heterocycles. The maximum Gasteiger partial charge on any atom is 0.0535 e. The number of alkyl halides is 1. The highest BCUT2D eigenvalue weighted by atomic mass is 35.5. The largest absolute Gasteiger partial charge is 0.340 e. The summed E-state index contributed by atoms with van der Waals surface area (Å²) in [6.45, 7) is 1.04. The van der Waals surface area contributed by atoms with E-state index in [2.05, 4.69) is 53.1 Å². The summed E-state index contributed by atoms with van der Waals surface area (Å²) in [6.07, 6.45) is 3.33. The monoisotopic (exact) mass is 341 g/mol. The van der Waals surface area contributed by atoms with Gasteiger partial charge >= 0.3 is 0 Å². The van der Waals surface area contributed by atoms with Crippen molar-refractivity contribution in [2.75, 3.05) is 11.6 Å². The maximum atomic E-state index is 5.90. The summed E-state index contributed by atoms with van der Waals surface area (Å²) in [6, 6.07) is 17.7. The molecule has 0 atom stereocenters. The molecule has 0 radical (unpaired) electrons. The second-order valence-corrected chi connectivity index (χ2v) is 7.50. The van der Waals surface area contributed by atoms with Gasteiger partial charge in [0, 0.05) is 39.5 Å². The van der Waals surface area contributed by atoms with Crippen molar-refractivity contribution >= 4 is 34.3 Å². The number of nitrogens with zero attached hydrogens (tertiary/aromatic N) is 1. The van der Waals surface area contributed by atoms with Crippen LogP contribution < -0.4 is 0 Å². The molecule has 0 saturated heterocycles. The minimum absolute atomic E-state index is 0.744. The lowest BCUT2D eigenvalue weighted by molar-refractivity contribution is 0.655. The Balaban J connectivity index is 1.96. The number of hydrogen-bond donors (Lipinski definition) is 0. The summed E-state index contributed by atoms with van der Waals surface area (Å²) >= 11 is 7.88. The molecule has 0 N–H and O–H groups in total. The van der Waals surface area contributed by atoms with Crippen molar-refractivity contribution in [3.05, 3.63) is 54.1 Å². The third-order valence-electron chi connectivity index (χ3n) is 4.59. The molecule has 0 unspecified atom stereocenters. The number of aromatic nitrogens is 1. The molecular formula is C20H20ClNS. The predicted octanol–water partition coefficient (Wildman–Crippen LogP) is 5.98. The summed E-state index contributed by atoms with van der Waals surface area (Å²) < 4.78 is 2.53. The first-order chi connectivity index (χ1) is 11.4. The van der Waals surface area contributed by atoms with Gasteiger partial charge < -0.3 is 4.57 Å². The lowest BCUT2D eigenvalue weighted by Gasteiger charge is -2.13. The Morgan fingerprint density at radius 2 is 1.83 bits per heavy atom. The highest BCUT2D eigenvalue weighted by Gasteiger charge is 2.22. The molecule has 3 heteroatoms. The quantitative estimate of drug-likeness (QED) is 0.417. The fourth-order valence-corrected chi connectivity index (χ4v) is 4.79. The minimum Gasteiger partial charge on any atom is -0.340 e. The number of unbranched alkanes of at least 4 members (excludes halogenated alkanes) is 1. The van der Waals surface area contributed by atoms with Gasteiger partial charge in [-0.25, -0.2) is 0 Å². The van der Waals surface area contributed by atoms with Crippen LogP contribution in [0.5, 0.6) is 0 Å². The van der Waals surface area contributed by atoms with Crippen molar-refractivity contribution in [1.82, 2.24) is 4.57 Å². The first kappa shape index (κ1) is 15.2. The number of halogens is 1. The smallest absolute Gasteiger partial charge is 0.0535 e. The van der Waals surface area contributed by atoms with Crippen LogP contribution in [-0.2, 0) is 13.0 Å². The minimum atomic E-state index is 0.744. The van der Waals surface area contributed by atoms with Gasteiger partial charge in [0.25, 0.3) is 0 Å². The van der Waals surface area contributed by atoms with Crippen LogP contribution in [0.2, 0.25) is 0 Å². The average Bonchev–Trinajstić information content (AvgIpc) is 2.77. The standard InChI is InChI=1S/C20H20ClNS/c21-12-5-6-13-22-18-9-3-1-7-15(18)16-11-14-23-19-10-4-2-8-17(19)20(16)22/h1-4,7-10H,5-6,11-14H2. The summed E-state index contributed by atoms with van der Waals surface area (Å²) in [7, 11) is 0. The molecule has 23 heavy (non-hydrogen) atoms. The molecule has 0 saturated carbocycles. The van der Waals surface area contributed by atoms with E-state index in [0.29, 0.717) is 0 Å². The second kappa shape index (κ2) is 6.62. The lowest BCUT2D eigenvalue weighted by Crippen LogP contribution is -2.02. The van der Waals surface area contributed by atoms with Crippen molar-refractivity contribution in [3.63, 3.8) is 0 Å². The van der Waals surface area contributed by atoms with Gasteiger partial charge in [0.05, 0.1) is 5.69 Å². The van der Waals surface area contributed by atoms with E-state index in [1.807, 2.05) is 11.8 Å². The van der Waals surface area contributed by atoms with E-state index in [9.17, 15) is 0 Å². The van der Waals surface area contributed by atoms with Crippen LogP contribution in [0, 0.1) is 0 Å². The van der Waals surface area contributed by atoms with Gasteiger partial charge in [-0.15, -0.1) is 23.4 Å². The SMILES string of the molecule is ClCCCCn1c2c(c3ccccc31)CCSc1ccccc1-2. The van der Waals surface area contributed by atoms with Crippen LogP contribution in [0.1, 0.15) is 18.4 Å².